The third-order valence-electron chi connectivity index (χ3n) is 3.35. The SMILES string of the molecule is COc1cc(-c2c(C=O)nnn2CC(C)C)cc(OC)c1OC. The summed E-state index contributed by atoms with van der Waals surface area (Å²) in [6, 6.07) is 3.56. The first kappa shape index (κ1) is 16.8. The molecule has 0 aliphatic heterocycles. The minimum atomic E-state index is 0.278. The van der Waals surface area contributed by atoms with Gasteiger partial charge in [0.15, 0.2) is 23.5 Å². The number of hydrogen-bond acceptors (Lipinski definition) is 6. The second kappa shape index (κ2) is 7.13. The number of methoxy groups -OCH3 is 3. The molecule has 0 unspecified atom stereocenters. The highest BCUT2D eigenvalue weighted by Crippen LogP contribution is 2.41. The summed E-state index contributed by atoms with van der Waals surface area (Å²) < 4.78 is 17.8. The van der Waals surface area contributed by atoms with Gasteiger partial charge < -0.3 is 14.2 Å². The minimum Gasteiger partial charge on any atom is -0.493 e. The molecular formula is C16H21N3O4. The summed E-state index contributed by atoms with van der Waals surface area (Å²) in [6.07, 6.45) is 0.697. The van der Waals surface area contributed by atoms with Crippen LogP contribution in [-0.2, 0) is 6.54 Å². The average molecular weight is 319 g/mol. The molecule has 2 rings (SSSR count). The van der Waals surface area contributed by atoms with E-state index in [4.69, 9.17) is 14.2 Å². The van der Waals surface area contributed by atoms with Gasteiger partial charge in [-0.3, -0.25) is 4.79 Å². The highest BCUT2D eigenvalue weighted by molar-refractivity contribution is 5.84. The summed E-state index contributed by atoms with van der Waals surface area (Å²) in [5.41, 5.74) is 1.64. The molecule has 1 heterocycles. The van der Waals surface area contributed by atoms with Gasteiger partial charge in [-0.15, -0.1) is 5.10 Å². The van der Waals surface area contributed by atoms with E-state index in [9.17, 15) is 4.79 Å². The first-order valence-corrected chi connectivity index (χ1v) is 7.24. The van der Waals surface area contributed by atoms with Crippen molar-refractivity contribution in [3.63, 3.8) is 0 Å². The Labute approximate surface area is 135 Å². The third-order valence-corrected chi connectivity index (χ3v) is 3.35. The van der Waals surface area contributed by atoms with Crippen LogP contribution in [0.15, 0.2) is 12.1 Å². The van der Waals surface area contributed by atoms with E-state index in [1.807, 2.05) is 0 Å². The van der Waals surface area contributed by atoms with E-state index in [1.165, 1.54) is 0 Å². The van der Waals surface area contributed by atoms with Crippen molar-refractivity contribution in [2.24, 2.45) is 5.92 Å². The second-order valence-electron chi connectivity index (χ2n) is 5.43. The standard InChI is InChI=1S/C16H21N3O4/c1-10(2)8-19-15(12(9-20)17-18-19)11-6-13(21-3)16(23-5)14(7-11)22-4/h6-7,9-10H,8H2,1-5H3. The van der Waals surface area contributed by atoms with Gasteiger partial charge in [0.05, 0.1) is 27.0 Å². The lowest BCUT2D eigenvalue weighted by Crippen LogP contribution is -2.08. The molecule has 1 aromatic carbocycles. The fourth-order valence-corrected chi connectivity index (χ4v) is 2.39. The number of ether oxygens (including phenoxy) is 3. The van der Waals surface area contributed by atoms with Crippen LogP contribution in [0.25, 0.3) is 11.3 Å². The summed E-state index contributed by atoms with van der Waals surface area (Å²) in [5, 5.41) is 8.03. The molecule has 0 N–H and O–H groups in total. The van der Waals surface area contributed by atoms with E-state index >= 15 is 0 Å². The van der Waals surface area contributed by atoms with Crippen LogP contribution in [0.1, 0.15) is 24.3 Å². The monoisotopic (exact) mass is 319 g/mol. The molecule has 0 fully saturated rings. The zero-order valence-electron chi connectivity index (χ0n) is 14.0. The Morgan fingerprint density at radius 3 is 2.17 bits per heavy atom. The predicted molar refractivity (Wildman–Crippen MR) is 85.3 cm³/mol. The molecular weight excluding hydrogens is 298 g/mol. The minimum absolute atomic E-state index is 0.278. The van der Waals surface area contributed by atoms with Gasteiger partial charge in [0.2, 0.25) is 5.75 Å². The van der Waals surface area contributed by atoms with Crippen molar-refractivity contribution in [1.82, 2.24) is 15.0 Å². The molecule has 124 valence electrons. The van der Waals surface area contributed by atoms with Crippen molar-refractivity contribution < 1.29 is 19.0 Å². The van der Waals surface area contributed by atoms with Crippen LogP contribution in [-0.4, -0.2) is 42.6 Å². The Balaban J connectivity index is 2.66. The lowest BCUT2D eigenvalue weighted by atomic mass is 10.1. The topological polar surface area (TPSA) is 75.5 Å². The molecule has 0 saturated heterocycles. The van der Waals surface area contributed by atoms with E-state index in [0.29, 0.717) is 41.7 Å². The molecule has 0 bridgehead atoms. The largest absolute Gasteiger partial charge is 0.493 e. The predicted octanol–water partition coefficient (Wildman–Crippen LogP) is 2.44. The molecule has 0 spiro atoms. The van der Waals surface area contributed by atoms with Crippen molar-refractivity contribution in [1.29, 1.82) is 0 Å². The number of carbonyl (C=O) groups excluding carboxylic acids is 1. The van der Waals surface area contributed by atoms with Gasteiger partial charge in [0, 0.05) is 12.1 Å². The Kier molecular flexibility index (Phi) is 5.20. The van der Waals surface area contributed by atoms with Crippen molar-refractivity contribution >= 4 is 6.29 Å². The molecule has 0 atom stereocenters. The van der Waals surface area contributed by atoms with Crippen molar-refractivity contribution in [2.45, 2.75) is 20.4 Å². The van der Waals surface area contributed by atoms with Crippen molar-refractivity contribution in [3.8, 4) is 28.5 Å². The van der Waals surface area contributed by atoms with Gasteiger partial charge in [-0.2, -0.15) is 0 Å². The molecule has 0 aliphatic rings. The van der Waals surface area contributed by atoms with Crippen molar-refractivity contribution in [2.75, 3.05) is 21.3 Å². The molecule has 0 aliphatic carbocycles. The molecule has 2 aromatic rings. The van der Waals surface area contributed by atoms with Crippen molar-refractivity contribution in [3.05, 3.63) is 17.8 Å². The second-order valence-corrected chi connectivity index (χ2v) is 5.43. The van der Waals surface area contributed by atoms with Crippen LogP contribution in [0.2, 0.25) is 0 Å². The van der Waals surface area contributed by atoms with E-state index in [1.54, 1.807) is 38.1 Å². The third kappa shape index (κ3) is 3.28. The Bertz CT molecular complexity index is 670. The van der Waals surface area contributed by atoms with Crippen LogP contribution < -0.4 is 14.2 Å². The zero-order chi connectivity index (χ0) is 17.0. The van der Waals surface area contributed by atoms with Crippen LogP contribution in [0.4, 0.5) is 0 Å². The van der Waals surface area contributed by atoms with Gasteiger partial charge in [-0.05, 0) is 18.1 Å². The summed E-state index contributed by atoms with van der Waals surface area (Å²) in [6.45, 7) is 4.79. The maximum absolute atomic E-state index is 11.3. The van der Waals surface area contributed by atoms with E-state index in [2.05, 4.69) is 24.2 Å². The summed E-state index contributed by atoms with van der Waals surface area (Å²) in [4.78, 5) is 11.3. The number of rotatable bonds is 7. The quantitative estimate of drug-likeness (QED) is 0.730. The Morgan fingerprint density at radius 1 is 1.13 bits per heavy atom. The van der Waals surface area contributed by atoms with Crippen LogP contribution in [0, 0.1) is 5.92 Å². The van der Waals surface area contributed by atoms with E-state index in [0.717, 1.165) is 5.56 Å². The summed E-state index contributed by atoms with van der Waals surface area (Å²) in [5.74, 6) is 1.87. The number of aldehydes is 1. The first-order chi connectivity index (χ1) is 11.0. The van der Waals surface area contributed by atoms with Gasteiger partial charge in [-0.25, -0.2) is 4.68 Å². The molecule has 7 nitrogen and oxygen atoms in total. The number of benzene rings is 1. The van der Waals surface area contributed by atoms with Crippen LogP contribution in [0.5, 0.6) is 17.2 Å². The van der Waals surface area contributed by atoms with Crippen LogP contribution >= 0.6 is 0 Å². The normalized spacial score (nSPS) is 10.7. The number of hydrogen-bond donors (Lipinski definition) is 0. The molecule has 0 radical (unpaired) electrons. The lowest BCUT2D eigenvalue weighted by Gasteiger charge is -2.15. The average Bonchev–Trinajstić information content (AvgIpc) is 2.95. The number of carbonyl (C=O) groups is 1. The molecule has 1 aromatic heterocycles. The first-order valence-electron chi connectivity index (χ1n) is 7.24. The summed E-state index contributed by atoms with van der Waals surface area (Å²) in [7, 11) is 4.64. The number of nitrogens with zero attached hydrogens (tertiary/aromatic N) is 3. The van der Waals surface area contributed by atoms with E-state index < -0.39 is 0 Å². The highest BCUT2D eigenvalue weighted by atomic mass is 16.5. The molecule has 0 amide bonds. The molecule has 0 saturated carbocycles. The fourth-order valence-electron chi connectivity index (χ4n) is 2.39. The Morgan fingerprint density at radius 2 is 1.74 bits per heavy atom. The van der Waals surface area contributed by atoms with Gasteiger partial charge >= 0.3 is 0 Å². The summed E-state index contributed by atoms with van der Waals surface area (Å²) >= 11 is 0. The van der Waals surface area contributed by atoms with Crippen LogP contribution in [0.3, 0.4) is 0 Å². The van der Waals surface area contributed by atoms with Gasteiger partial charge in [-0.1, -0.05) is 19.1 Å². The molecule has 23 heavy (non-hydrogen) atoms. The van der Waals surface area contributed by atoms with Gasteiger partial charge in [0.25, 0.3) is 0 Å². The fraction of sp³-hybridized carbons (Fsp3) is 0.438. The Hall–Kier alpha value is -2.57. The molecule has 7 heteroatoms. The maximum atomic E-state index is 11.3. The van der Waals surface area contributed by atoms with E-state index in [-0.39, 0.29) is 5.69 Å². The lowest BCUT2D eigenvalue weighted by molar-refractivity contribution is 0.111. The zero-order valence-corrected chi connectivity index (χ0v) is 14.0. The maximum Gasteiger partial charge on any atom is 0.203 e. The van der Waals surface area contributed by atoms with Gasteiger partial charge in [0.1, 0.15) is 0 Å². The highest BCUT2D eigenvalue weighted by Gasteiger charge is 2.20. The number of aromatic nitrogens is 3. The smallest absolute Gasteiger partial charge is 0.203 e.